The van der Waals surface area contributed by atoms with E-state index in [1.54, 1.807) is 11.5 Å². The third-order valence-corrected chi connectivity index (χ3v) is 3.50. The number of fused-ring (bicyclic) bond motifs is 1. The van der Waals surface area contributed by atoms with Crippen molar-refractivity contribution >= 4 is 29.2 Å². The van der Waals surface area contributed by atoms with E-state index in [1.165, 1.54) is 5.56 Å². The van der Waals surface area contributed by atoms with Crippen LogP contribution in [-0.4, -0.2) is 30.1 Å². The summed E-state index contributed by atoms with van der Waals surface area (Å²) in [6.07, 6.45) is 1.97. The summed E-state index contributed by atoms with van der Waals surface area (Å²) in [7, 11) is 0. The van der Waals surface area contributed by atoms with Gasteiger partial charge in [0, 0.05) is 44.2 Å². The second kappa shape index (κ2) is 5.74. The molecule has 2 aromatic rings. The van der Waals surface area contributed by atoms with Crippen molar-refractivity contribution in [3.8, 4) is 0 Å². The van der Waals surface area contributed by atoms with Gasteiger partial charge in [-0.05, 0) is 11.6 Å². The molecule has 1 fully saturated rings. The van der Waals surface area contributed by atoms with Crippen LogP contribution in [0.1, 0.15) is 23.3 Å². The third kappa shape index (κ3) is 2.52. The van der Waals surface area contributed by atoms with Gasteiger partial charge in [-0.3, -0.25) is 9.36 Å². The highest BCUT2D eigenvalue weighted by molar-refractivity contribution is 5.93. The van der Waals surface area contributed by atoms with Gasteiger partial charge in [0.25, 0.3) is 0 Å². The van der Waals surface area contributed by atoms with Gasteiger partial charge in [-0.2, -0.15) is 0 Å². The lowest BCUT2D eigenvalue weighted by atomic mass is 10.0. The minimum atomic E-state index is 0. The predicted octanol–water partition coefficient (Wildman–Crippen LogP) is 1.96. The summed E-state index contributed by atoms with van der Waals surface area (Å²) in [5.41, 5.74) is 2.19. The molecule has 5 heteroatoms. The van der Waals surface area contributed by atoms with Gasteiger partial charge in [0.15, 0.2) is 0 Å². The first-order valence-electron chi connectivity index (χ1n) is 6.32. The quantitative estimate of drug-likeness (QED) is 0.839. The lowest BCUT2D eigenvalue weighted by Crippen LogP contribution is -2.42. The summed E-state index contributed by atoms with van der Waals surface area (Å²) < 4.78 is 1.74. The molecular formula is C14H18ClN3O. The summed E-state index contributed by atoms with van der Waals surface area (Å²) in [5, 5.41) is 8.03. The van der Waals surface area contributed by atoms with Crippen LogP contribution < -0.4 is 10.6 Å². The minimum Gasteiger partial charge on any atom is -0.314 e. The molecule has 2 heterocycles. The van der Waals surface area contributed by atoms with Crippen LogP contribution in [0.25, 0.3) is 10.9 Å². The Kier molecular flexibility index (Phi) is 4.24. The smallest absolute Gasteiger partial charge is 0.227 e. The summed E-state index contributed by atoms with van der Waals surface area (Å²) in [4.78, 5) is 11.7. The molecule has 0 saturated carbocycles. The highest BCUT2D eigenvalue weighted by Gasteiger charge is 2.20. The SMILES string of the molecule is CC(=O)n1cc([C@H]2CNCCN2)c2ccccc21.Cl. The van der Waals surface area contributed by atoms with E-state index in [1.807, 2.05) is 24.4 Å². The van der Waals surface area contributed by atoms with E-state index in [4.69, 9.17) is 0 Å². The van der Waals surface area contributed by atoms with Crippen molar-refractivity contribution in [3.63, 3.8) is 0 Å². The van der Waals surface area contributed by atoms with Gasteiger partial charge in [0.2, 0.25) is 5.91 Å². The average molecular weight is 280 g/mol. The molecule has 1 aromatic heterocycles. The van der Waals surface area contributed by atoms with Crippen molar-refractivity contribution in [3.05, 3.63) is 36.0 Å². The van der Waals surface area contributed by atoms with Crippen molar-refractivity contribution in [2.75, 3.05) is 19.6 Å². The Bertz CT molecular complexity index is 587. The molecule has 19 heavy (non-hydrogen) atoms. The molecule has 1 saturated heterocycles. The molecule has 102 valence electrons. The molecule has 4 nitrogen and oxygen atoms in total. The van der Waals surface area contributed by atoms with Crippen molar-refractivity contribution in [1.82, 2.24) is 15.2 Å². The topological polar surface area (TPSA) is 46.1 Å². The first kappa shape index (κ1) is 14.1. The van der Waals surface area contributed by atoms with Crippen LogP contribution in [0.15, 0.2) is 30.5 Å². The maximum Gasteiger partial charge on any atom is 0.227 e. The van der Waals surface area contributed by atoms with Crippen LogP contribution in [0.3, 0.4) is 0 Å². The van der Waals surface area contributed by atoms with Crippen molar-refractivity contribution in [1.29, 1.82) is 0 Å². The number of nitrogens with one attached hydrogen (secondary N) is 2. The Morgan fingerprint density at radius 2 is 2.11 bits per heavy atom. The molecule has 0 spiro atoms. The van der Waals surface area contributed by atoms with E-state index < -0.39 is 0 Å². The van der Waals surface area contributed by atoms with Crippen LogP contribution >= 0.6 is 12.4 Å². The molecular weight excluding hydrogens is 262 g/mol. The maximum absolute atomic E-state index is 11.7. The number of halogens is 1. The largest absolute Gasteiger partial charge is 0.314 e. The molecule has 0 amide bonds. The van der Waals surface area contributed by atoms with E-state index in [0.29, 0.717) is 0 Å². The van der Waals surface area contributed by atoms with Gasteiger partial charge >= 0.3 is 0 Å². The number of carbonyl (C=O) groups is 1. The zero-order valence-corrected chi connectivity index (χ0v) is 11.7. The standard InChI is InChI=1S/C14H17N3O.ClH/c1-10(18)17-9-12(13-8-15-6-7-16-13)11-4-2-3-5-14(11)17;/h2-5,9,13,15-16H,6-8H2,1H3;1H/t13-;/m1./s1. The van der Waals surface area contributed by atoms with Gasteiger partial charge in [-0.1, -0.05) is 18.2 Å². The second-order valence-corrected chi connectivity index (χ2v) is 4.70. The van der Waals surface area contributed by atoms with Crippen LogP contribution in [0.4, 0.5) is 0 Å². The van der Waals surface area contributed by atoms with E-state index in [9.17, 15) is 4.79 Å². The summed E-state index contributed by atoms with van der Waals surface area (Å²) in [6.45, 7) is 4.47. The van der Waals surface area contributed by atoms with Crippen LogP contribution in [-0.2, 0) is 0 Å². The summed E-state index contributed by atoms with van der Waals surface area (Å²) >= 11 is 0. The van der Waals surface area contributed by atoms with Gasteiger partial charge in [0.05, 0.1) is 5.52 Å². The van der Waals surface area contributed by atoms with E-state index >= 15 is 0 Å². The number of piperazine rings is 1. The maximum atomic E-state index is 11.7. The zero-order valence-electron chi connectivity index (χ0n) is 10.8. The number of carbonyl (C=O) groups excluding carboxylic acids is 1. The number of hydrogen-bond donors (Lipinski definition) is 2. The fourth-order valence-electron chi connectivity index (χ4n) is 2.62. The molecule has 1 aromatic carbocycles. The lowest BCUT2D eigenvalue weighted by Gasteiger charge is -2.24. The Morgan fingerprint density at radius 1 is 1.32 bits per heavy atom. The van der Waals surface area contributed by atoms with Crippen molar-refractivity contribution < 1.29 is 4.79 Å². The molecule has 1 aliphatic heterocycles. The van der Waals surface area contributed by atoms with Crippen LogP contribution in [0.5, 0.6) is 0 Å². The third-order valence-electron chi connectivity index (χ3n) is 3.50. The normalized spacial score (nSPS) is 19.1. The number of aromatic nitrogens is 1. The summed E-state index contributed by atoms with van der Waals surface area (Å²) in [6, 6.07) is 8.35. The Labute approximate surface area is 118 Å². The summed E-state index contributed by atoms with van der Waals surface area (Å²) in [5.74, 6) is 0.0567. The van der Waals surface area contributed by atoms with E-state index in [0.717, 1.165) is 30.5 Å². The molecule has 0 radical (unpaired) electrons. The van der Waals surface area contributed by atoms with E-state index in [-0.39, 0.29) is 24.4 Å². The zero-order chi connectivity index (χ0) is 12.5. The molecule has 3 rings (SSSR count). The number of hydrogen-bond acceptors (Lipinski definition) is 3. The Hall–Kier alpha value is -1.36. The van der Waals surface area contributed by atoms with Crippen LogP contribution in [0.2, 0.25) is 0 Å². The van der Waals surface area contributed by atoms with Crippen molar-refractivity contribution in [2.45, 2.75) is 13.0 Å². The molecule has 2 N–H and O–H groups in total. The second-order valence-electron chi connectivity index (χ2n) is 4.70. The van der Waals surface area contributed by atoms with Gasteiger partial charge in [-0.15, -0.1) is 12.4 Å². The molecule has 1 atom stereocenters. The monoisotopic (exact) mass is 279 g/mol. The predicted molar refractivity (Wildman–Crippen MR) is 79.1 cm³/mol. The van der Waals surface area contributed by atoms with Crippen LogP contribution in [0, 0.1) is 0 Å². The molecule has 1 aliphatic rings. The molecule has 0 unspecified atom stereocenters. The molecule has 0 bridgehead atoms. The van der Waals surface area contributed by atoms with Gasteiger partial charge in [-0.25, -0.2) is 0 Å². The van der Waals surface area contributed by atoms with Gasteiger partial charge < -0.3 is 10.6 Å². The molecule has 0 aliphatic carbocycles. The van der Waals surface area contributed by atoms with Crippen molar-refractivity contribution in [2.24, 2.45) is 0 Å². The first-order valence-corrected chi connectivity index (χ1v) is 6.32. The Morgan fingerprint density at radius 3 is 2.79 bits per heavy atom. The highest BCUT2D eigenvalue weighted by atomic mass is 35.5. The first-order chi connectivity index (χ1) is 8.77. The number of nitrogens with zero attached hydrogens (tertiary/aromatic N) is 1. The number of benzene rings is 1. The average Bonchev–Trinajstić information content (AvgIpc) is 2.79. The van der Waals surface area contributed by atoms with Gasteiger partial charge in [0.1, 0.15) is 0 Å². The lowest BCUT2D eigenvalue weighted by molar-refractivity contribution is 0.0941. The number of para-hydroxylation sites is 1. The highest BCUT2D eigenvalue weighted by Crippen LogP contribution is 2.26. The minimum absolute atomic E-state index is 0. The van der Waals surface area contributed by atoms with E-state index in [2.05, 4.69) is 16.7 Å². The Balaban J connectivity index is 0.00000133. The fourth-order valence-corrected chi connectivity index (χ4v) is 2.62. The number of rotatable bonds is 1. The fraction of sp³-hybridized carbons (Fsp3) is 0.357.